The number of methoxy groups -OCH3 is 1. The van der Waals surface area contributed by atoms with Gasteiger partial charge in [0.15, 0.2) is 0 Å². The second kappa shape index (κ2) is 16.1. The number of aromatic nitrogens is 3. The number of fused-ring (bicyclic) bond motifs is 2. The number of ether oxygens (including phenoxy) is 1. The van der Waals surface area contributed by atoms with E-state index in [1.165, 1.54) is 43.8 Å². The summed E-state index contributed by atoms with van der Waals surface area (Å²) >= 11 is 6.04. The number of benzene rings is 3. The van der Waals surface area contributed by atoms with Crippen LogP contribution in [0.5, 0.6) is 5.88 Å². The predicted molar refractivity (Wildman–Crippen MR) is 217 cm³/mol. The van der Waals surface area contributed by atoms with E-state index in [-0.39, 0.29) is 27.8 Å². The zero-order chi connectivity index (χ0) is 43.1. The first-order valence-electron chi connectivity index (χ1n) is 18.7. The molecule has 0 bridgehead atoms. The molecule has 2 N–H and O–H groups in total. The van der Waals surface area contributed by atoms with Crippen molar-refractivity contribution in [2.24, 2.45) is 0 Å². The number of carbonyl (C=O) groups is 2. The van der Waals surface area contributed by atoms with Crippen molar-refractivity contribution in [2.45, 2.75) is 72.2 Å². The van der Waals surface area contributed by atoms with Gasteiger partial charge in [0.05, 0.1) is 38.3 Å². The van der Waals surface area contributed by atoms with Crippen LogP contribution in [-0.2, 0) is 53.1 Å². The summed E-state index contributed by atoms with van der Waals surface area (Å²) in [4.78, 5) is 38.1. The first kappa shape index (κ1) is 42.5. The van der Waals surface area contributed by atoms with Crippen LogP contribution in [0.4, 0.5) is 13.2 Å². The molecular formula is C42H37ClF3N5O7S2. The Morgan fingerprint density at radius 1 is 0.767 bits per heavy atom. The topological polar surface area (TPSA) is 174 Å². The standard InChI is InChI=1S/C22H20F3N3O3S.C20H17ClN2O4S/c1-2-5-17-15(9-10-19(27-17)22(23,24)25)21(11-12-21)20(29)28-32(30,31)18-8-3-7-16-14(18)6-4-13-26-16;1-27-18-16(11-14(21)12-22-18)20(9-10-20)19(24)23-28(25,26)17-8-4-6-13-5-2-3-7-15(13)17/h3-4,6-10,13H,2,5,11-12H2,1H3,(H,28,29);2-8,11-12H,9-10H2,1H3,(H,23,24). The van der Waals surface area contributed by atoms with Crippen molar-refractivity contribution in [1.82, 2.24) is 24.4 Å². The maximum absolute atomic E-state index is 13.1. The van der Waals surface area contributed by atoms with Crippen molar-refractivity contribution in [1.29, 1.82) is 0 Å². The molecule has 2 amide bonds. The lowest BCUT2D eigenvalue weighted by Crippen LogP contribution is -2.39. The molecule has 8 rings (SSSR count). The van der Waals surface area contributed by atoms with Crippen LogP contribution in [0.25, 0.3) is 21.7 Å². The van der Waals surface area contributed by atoms with Crippen LogP contribution in [0, 0.1) is 0 Å². The molecule has 0 unspecified atom stereocenters. The van der Waals surface area contributed by atoms with Crippen LogP contribution in [-0.4, -0.2) is 50.7 Å². The van der Waals surface area contributed by atoms with E-state index in [1.807, 2.05) is 18.2 Å². The van der Waals surface area contributed by atoms with Crippen molar-refractivity contribution in [2.75, 3.05) is 7.11 Å². The van der Waals surface area contributed by atoms with Gasteiger partial charge in [-0.2, -0.15) is 13.2 Å². The molecule has 3 aromatic carbocycles. The summed E-state index contributed by atoms with van der Waals surface area (Å²) in [6.07, 6.45) is 0.755. The lowest BCUT2D eigenvalue weighted by molar-refractivity contribution is -0.141. The van der Waals surface area contributed by atoms with Gasteiger partial charge in [0.25, 0.3) is 20.0 Å². The summed E-state index contributed by atoms with van der Waals surface area (Å²) < 4.78 is 101. The van der Waals surface area contributed by atoms with Gasteiger partial charge >= 0.3 is 6.18 Å². The Hall–Kier alpha value is -5.65. The Balaban J connectivity index is 0.000000183. The first-order chi connectivity index (χ1) is 28.5. The summed E-state index contributed by atoms with van der Waals surface area (Å²) in [7, 11) is -6.85. The zero-order valence-corrected chi connectivity index (χ0v) is 34.5. The van der Waals surface area contributed by atoms with E-state index in [1.54, 1.807) is 49.4 Å². The van der Waals surface area contributed by atoms with Gasteiger partial charge in [-0.05, 0) is 85.5 Å². The highest BCUT2D eigenvalue weighted by Crippen LogP contribution is 2.52. The number of aryl methyl sites for hydroxylation is 1. The fourth-order valence-electron chi connectivity index (χ4n) is 7.23. The normalized spacial score (nSPS) is 15.4. The third-order valence-corrected chi connectivity index (χ3v) is 13.5. The predicted octanol–water partition coefficient (Wildman–Crippen LogP) is 7.57. The van der Waals surface area contributed by atoms with Gasteiger partial charge in [-0.3, -0.25) is 14.6 Å². The fraction of sp³-hybridized carbons (Fsp3) is 0.262. The van der Waals surface area contributed by atoms with E-state index >= 15 is 0 Å². The van der Waals surface area contributed by atoms with Gasteiger partial charge in [0, 0.05) is 34.4 Å². The number of pyridine rings is 3. The van der Waals surface area contributed by atoms with Crippen molar-refractivity contribution in [3.8, 4) is 5.88 Å². The van der Waals surface area contributed by atoms with Crippen LogP contribution in [0.1, 0.15) is 61.5 Å². The number of halogens is 4. The Morgan fingerprint density at radius 2 is 1.35 bits per heavy atom. The van der Waals surface area contributed by atoms with Gasteiger partial charge in [0.2, 0.25) is 17.7 Å². The molecule has 6 aromatic rings. The third kappa shape index (κ3) is 8.25. The number of hydrogen-bond acceptors (Lipinski definition) is 10. The molecular weight excluding hydrogens is 843 g/mol. The Morgan fingerprint density at radius 3 is 1.97 bits per heavy atom. The van der Waals surface area contributed by atoms with E-state index in [4.69, 9.17) is 16.3 Å². The molecule has 2 aliphatic rings. The van der Waals surface area contributed by atoms with Crippen LogP contribution < -0.4 is 14.2 Å². The number of amides is 2. The van der Waals surface area contributed by atoms with Gasteiger partial charge < -0.3 is 4.74 Å². The first-order valence-corrected chi connectivity index (χ1v) is 22.0. The maximum atomic E-state index is 13.1. The van der Waals surface area contributed by atoms with Gasteiger partial charge in [0.1, 0.15) is 5.69 Å². The molecule has 2 fully saturated rings. The third-order valence-electron chi connectivity index (χ3n) is 10.6. The number of nitrogens with zero attached hydrogens (tertiary/aromatic N) is 3. The van der Waals surface area contributed by atoms with E-state index < -0.39 is 54.6 Å². The van der Waals surface area contributed by atoms with Gasteiger partial charge in [-0.25, -0.2) is 36.2 Å². The molecule has 312 valence electrons. The van der Waals surface area contributed by atoms with E-state index in [9.17, 15) is 39.6 Å². The molecule has 0 saturated heterocycles. The Bertz CT molecular complexity index is 2880. The highest BCUT2D eigenvalue weighted by molar-refractivity contribution is 7.90. The summed E-state index contributed by atoms with van der Waals surface area (Å²) in [5.74, 6) is -1.11. The Kier molecular flexibility index (Phi) is 11.4. The number of carbonyl (C=O) groups excluding carboxylic acids is 2. The molecule has 3 aromatic heterocycles. The lowest BCUT2D eigenvalue weighted by atomic mass is 9.91. The number of sulfonamides is 2. The zero-order valence-electron chi connectivity index (χ0n) is 32.1. The monoisotopic (exact) mass is 879 g/mol. The average molecular weight is 880 g/mol. The number of alkyl halides is 3. The van der Waals surface area contributed by atoms with Crippen molar-refractivity contribution in [3.63, 3.8) is 0 Å². The number of nitrogens with one attached hydrogen (secondary N) is 2. The van der Waals surface area contributed by atoms with Crippen LogP contribution in [0.15, 0.2) is 113 Å². The molecule has 0 radical (unpaired) electrons. The maximum Gasteiger partial charge on any atom is 0.433 e. The van der Waals surface area contributed by atoms with Gasteiger partial charge in [-0.15, -0.1) is 0 Å². The minimum atomic E-state index is -4.61. The molecule has 18 heteroatoms. The van der Waals surface area contributed by atoms with Gasteiger partial charge in [-0.1, -0.05) is 73.5 Å². The summed E-state index contributed by atoms with van der Waals surface area (Å²) in [6.45, 7) is 1.80. The molecule has 0 aliphatic heterocycles. The van der Waals surface area contributed by atoms with E-state index in [0.29, 0.717) is 64.5 Å². The summed E-state index contributed by atoms with van der Waals surface area (Å²) in [6, 6.07) is 23.5. The molecule has 0 spiro atoms. The largest absolute Gasteiger partial charge is 0.481 e. The SMILES string of the molecule is CCCc1nc(C(F)(F)F)ccc1C1(C(=O)NS(=O)(=O)c2cccc3ncccc23)CC1.COc1ncc(Cl)cc1C1(C(=O)NS(=O)(=O)c2cccc3ccccc23)CC1. The van der Waals surface area contributed by atoms with E-state index in [0.717, 1.165) is 11.5 Å². The van der Waals surface area contributed by atoms with Crippen LogP contribution in [0.3, 0.4) is 0 Å². The van der Waals surface area contributed by atoms with E-state index in [2.05, 4.69) is 24.4 Å². The smallest absolute Gasteiger partial charge is 0.433 e. The average Bonchev–Trinajstić information content (AvgIpc) is 4.16. The van der Waals surface area contributed by atoms with Crippen LogP contribution >= 0.6 is 11.6 Å². The molecule has 0 atom stereocenters. The highest BCUT2D eigenvalue weighted by Gasteiger charge is 2.55. The molecule has 2 aliphatic carbocycles. The quantitative estimate of drug-likeness (QED) is 0.132. The summed E-state index contributed by atoms with van der Waals surface area (Å²) in [5.41, 5.74) is -1.79. The second-order valence-electron chi connectivity index (χ2n) is 14.5. The Labute approximate surface area is 348 Å². The van der Waals surface area contributed by atoms with Crippen molar-refractivity contribution >= 4 is 65.1 Å². The molecule has 12 nitrogen and oxygen atoms in total. The minimum Gasteiger partial charge on any atom is -0.481 e. The van der Waals surface area contributed by atoms with Crippen LogP contribution in [0.2, 0.25) is 5.02 Å². The lowest BCUT2D eigenvalue weighted by Gasteiger charge is -2.20. The second-order valence-corrected chi connectivity index (χ2v) is 18.2. The molecule has 3 heterocycles. The summed E-state index contributed by atoms with van der Waals surface area (Å²) in [5, 5.41) is 2.05. The number of rotatable bonds is 11. The van der Waals surface area contributed by atoms with Crippen molar-refractivity contribution in [3.05, 3.63) is 131 Å². The minimum absolute atomic E-state index is 0.0611. The van der Waals surface area contributed by atoms with Crippen molar-refractivity contribution < 1.29 is 44.3 Å². The molecule has 60 heavy (non-hydrogen) atoms. The number of hydrogen-bond donors (Lipinski definition) is 2. The fourth-order valence-corrected chi connectivity index (χ4v) is 9.94. The highest BCUT2D eigenvalue weighted by atomic mass is 35.5. The molecule has 2 saturated carbocycles.